The number of hydrogen-bond acceptors (Lipinski definition) is 6. The number of thioether (sulfide) groups is 1. The van der Waals surface area contributed by atoms with Crippen molar-refractivity contribution in [2.24, 2.45) is 0 Å². The average molecular weight is 314 g/mol. The van der Waals surface area contributed by atoms with E-state index in [2.05, 4.69) is 21.9 Å². The lowest BCUT2D eigenvalue weighted by Gasteiger charge is -2.27. The smallest absolute Gasteiger partial charge is 0.265 e. The highest BCUT2D eigenvalue weighted by atomic mass is 32.2. The Morgan fingerprint density at radius 2 is 2.15 bits per heavy atom. The normalized spacial score (nSPS) is 22.5. The summed E-state index contributed by atoms with van der Waals surface area (Å²) < 4.78 is 0. The minimum atomic E-state index is -0.0863. The molecule has 1 aromatic heterocycles. The highest BCUT2D eigenvalue weighted by Crippen LogP contribution is 2.28. The number of rotatable bonds is 5. The fourth-order valence-corrected chi connectivity index (χ4v) is 4.01. The topological polar surface area (TPSA) is 80.0 Å². The molecule has 0 aromatic carbocycles. The summed E-state index contributed by atoms with van der Waals surface area (Å²) >= 11 is 3.25. The van der Waals surface area contributed by atoms with E-state index in [4.69, 9.17) is 5.73 Å². The molecule has 5 nitrogen and oxygen atoms in total. The zero-order chi connectivity index (χ0) is 14.5. The molecule has 112 valence electrons. The highest BCUT2D eigenvalue weighted by Gasteiger charge is 2.24. The summed E-state index contributed by atoms with van der Waals surface area (Å²) in [7, 11) is 0. The maximum atomic E-state index is 12.2. The van der Waals surface area contributed by atoms with Gasteiger partial charge in [0.2, 0.25) is 0 Å². The van der Waals surface area contributed by atoms with E-state index in [0.717, 1.165) is 24.6 Å². The largest absolute Gasteiger partial charge is 0.382 e. The second-order valence-corrected chi connectivity index (χ2v) is 7.08. The van der Waals surface area contributed by atoms with E-state index >= 15 is 0 Å². The van der Waals surface area contributed by atoms with Crippen molar-refractivity contribution in [3.8, 4) is 0 Å². The van der Waals surface area contributed by atoms with Crippen LogP contribution in [0.25, 0.3) is 0 Å². The van der Waals surface area contributed by atoms with Crippen LogP contribution in [0.2, 0.25) is 0 Å². The lowest BCUT2D eigenvalue weighted by Crippen LogP contribution is -2.38. The Morgan fingerprint density at radius 1 is 1.45 bits per heavy atom. The van der Waals surface area contributed by atoms with Crippen LogP contribution >= 0.6 is 23.1 Å². The Bertz CT molecular complexity index is 455. The Morgan fingerprint density at radius 3 is 2.75 bits per heavy atom. The minimum absolute atomic E-state index is 0.0863. The first-order valence-corrected chi connectivity index (χ1v) is 9.08. The van der Waals surface area contributed by atoms with Crippen molar-refractivity contribution >= 4 is 40.0 Å². The van der Waals surface area contributed by atoms with Gasteiger partial charge >= 0.3 is 0 Å². The summed E-state index contributed by atoms with van der Waals surface area (Å²) in [5.41, 5.74) is 5.82. The number of carbonyl (C=O) groups is 1. The van der Waals surface area contributed by atoms with Crippen molar-refractivity contribution in [3.05, 3.63) is 4.88 Å². The van der Waals surface area contributed by atoms with Crippen molar-refractivity contribution < 1.29 is 4.79 Å². The Labute approximate surface area is 128 Å². The van der Waals surface area contributed by atoms with Crippen molar-refractivity contribution in [1.29, 1.82) is 0 Å². The first-order chi connectivity index (χ1) is 9.63. The summed E-state index contributed by atoms with van der Waals surface area (Å²) in [6, 6.07) is 0.273. The van der Waals surface area contributed by atoms with Crippen LogP contribution in [0, 0.1) is 0 Å². The van der Waals surface area contributed by atoms with Gasteiger partial charge < -0.3 is 16.4 Å². The monoisotopic (exact) mass is 314 g/mol. The second kappa shape index (κ2) is 7.17. The van der Waals surface area contributed by atoms with E-state index in [1.807, 2.05) is 18.7 Å². The number of nitrogens with zero attached hydrogens (tertiary/aromatic N) is 1. The summed E-state index contributed by atoms with van der Waals surface area (Å²) in [5.74, 6) is 0.234. The third kappa shape index (κ3) is 3.79. The van der Waals surface area contributed by atoms with Gasteiger partial charge in [-0.15, -0.1) is 0 Å². The maximum Gasteiger partial charge on any atom is 0.265 e. The van der Waals surface area contributed by atoms with Gasteiger partial charge in [-0.3, -0.25) is 4.79 Å². The van der Waals surface area contributed by atoms with Crippen LogP contribution in [-0.2, 0) is 0 Å². The SMILES string of the molecule is CCNc1nc(N)c(C(=O)NC2CCC(SC)CC2)s1. The molecule has 1 aromatic rings. The molecule has 0 bridgehead atoms. The summed E-state index contributed by atoms with van der Waals surface area (Å²) in [6.45, 7) is 2.76. The zero-order valence-corrected chi connectivity index (χ0v) is 13.6. The van der Waals surface area contributed by atoms with Gasteiger partial charge in [0.1, 0.15) is 10.7 Å². The maximum absolute atomic E-state index is 12.2. The van der Waals surface area contributed by atoms with Crippen molar-refractivity contribution in [3.63, 3.8) is 0 Å². The number of amides is 1. The number of aromatic nitrogens is 1. The summed E-state index contributed by atoms with van der Waals surface area (Å²) in [6.07, 6.45) is 6.61. The van der Waals surface area contributed by atoms with Gasteiger partial charge in [-0.2, -0.15) is 11.8 Å². The molecular weight excluding hydrogens is 292 g/mol. The quantitative estimate of drug-likeness (QED) is 0.778. The number of anilines is 2. The average Bonchev–Trinajstić information content (AvgIpc) is 2.81. The van der Waals surface area contributed by atoms with Gasteiger partial charge in [-0.25, -0.2) is 4.98 Å². The number of hydrogen-bond donors (Lipinski definition) is 3. The summed E-state index contributed by atoms with van der Waals surface area (Å²) in [4.78, 5) is 16.9. The third-order valence-electron chi connectivity index (χ3n) is 3.53. The summed E-state index contributed by atoms with van der Waals surface area (Å²) in [5, 5.41) is 7.63. The molecule has 4 N–H and O–H groups in total. The Hall–Kier alpha value is -0.950. The molecule has 1 fully saturated rings. The standard InChI is InChI=1S/C13H22N4OS2/c1-3-15-13-17-11(14)10(20-13)12(18)16-8-4-6-9(19-2)7-5-8/h8-9H,3-7,14H2,1-2H3,(H,15,17)(H,16,18). The fraction of sp³-hybridized carbons (Fsp3) is 0.692. The van der Waals surface area contributed by atoms with Crippen LogP contribution in [0.3, 0.4) is 0 Å². The van der Waals surface area contributed by atoms with E-state index in [-0.39, 0.29) is 11.9 Å². The molecule has 0 aliphatic heterocycles. The molecule has 0 saturated heterocycles. The Kier molecular flexibility index (Phi) is 5.54. The van der Waals surface area contributed by atoms with E-state index in [9.17, 15) is 4.79 Å². The predicted molar refractivity (Wildman–Crippen MR) is 87.7 cm³/mol. The van der Waals surface area contributed by atoms with Gasteiger partial charge in [-0.05, 0) is 38.9 Å². The lowest BCUT2D eigenvalue weighted by atomic mass is 9.95. The zero-order valence-electron chi connectivity index (χ0n) is 11.9. The molecule has 0 atom stereocenters. The third-order valence-corrected chi connectivity index (χ3v) is 5.70. The molecule has 1 aliphatic carbocycles. The van der Waals surface area contributed by atoms with Crippen LogP contribution < -0.4 is 16.4 Å². The molecule has 1 aliphatic rings. The van der Waals surface area contributed by atoms with E-state index in [1.165, 1.54) is 24.2 Å². The van der Waals surface area contributed by atoms with Gasteiger partial charge in [0.15, 0.2) is 5.13 Å². The molecular formula is C13H22N4OS2. The van der Waals surface area contributed by atoms with Gasteiger partial charge in [0.05, 0.1) is 0 Å². The number of nitrogen functional groups attached to an aromatic ring is 1. The molecule has 1 heterocycles. The first kappa shape index (κ1) is 15.4. The van der Waals surface area contributed by atoms with Crippen LogP contribution in [0.15, 0.2) is 0 Å². The van der Waals surface area contributed by atoms with E-state index < -0.39 is 0 Å². The molecule has 0 radical (unpaired) electrons. The fourth-order valence-electron chi connectivity index (χ4n) is 2.42. The molecule has 2 rings (SSSR count). The minimum Gasteiger partial charge on any atom is -0.382 e. The number of nitrogens with one attached hydrogen (secondary N) is 2. The highest BCUT2D eigenvalue weighted by molar-refractivity contribution is 7.99. The van der Waals surface area contributed by atoms with Crippen LogP contribution in [0.5, 0.6) is 0 Å². The molecule has 0 spiro atoms. The predicted octanol–water partition coefficient (Wildman–Crippen LogP) is 2.56. The molecule has 20 heavy (non-hydrogen) atoms. The lowest BCUT2D eigenvalue weighted by molar-refractivity contribution is 0.0933. The Balaban J connectivity index is 1.91. The van der Waals surface area contributed by atoms with Crippen LogP contribution in [0.4, 0.5) is 10.9 Å². The molecule has 0 unspecified atom stereocenters. The molecule has 1 saturated carbocycles. The van der Waals surface area contributed by atoms with Crippen molar-refractivity contribution in [1.82, 2.24) is 10.3 Å². The number of thiazole rings is 1. The van der Waals surface area contributed by atoms with Crippen LogP contribution in [-0.4, -0.2) is 35.0 Å². The van der Waals surface area contributed by atoms with Gasteiger partial charge in [-0.1, -0.05) is 11.3 Å². The molecule has 7 heteroatoms. The molecule has 1 amide bonds. The van der Waals surface area contributed by atoms with Gasteiger partial charge in [0.25, 0.3) is 5.91 Å². The van der Waals surface area contributed by atoms with E-state index in [0.29, 0.717) is 15.8 Å². The van der Waals surface area contributed by atoms with E-state index in [1.54, 1.807) is 0 Å². The number of carbonyl (C=O) groups excluding carboxylic acids is 1. The van der Waals surface area contributed by atoms with Crippen molar-refractivity contribution in [2.45, 2.75) is 43.9 Å². The first-order valence-electron chi connectivity index (χ1n) is 6.97. The number of nitrogens with two attached hydrogens (primary N) is 1. The van der Waals surface area contributed by atoms with Gasteiger partial charge in [0, 0.05) is 17.8 Å². The second-order valence-electron chi connectivity index (χ2n) is 4.95. The van der Waals surface area contributed by atoms with Crippen LogP contribution in [0.1, 0.15) is 42.3 Å². The van der Waals surface area contributed by atoms with Crippen molar-refractivity contribution in [2.75, 3.05) is 23.9 Å².